The minimum absolute atomic E-state index is 0.214. The molecule has 7 heteroatoms. The standard InChI is InChI=1S/C17H25N5O2/c1-12(2)24-10-15-7-5-14(6-8-15)9-18-17(23)20-13(3)16-21-19-11-22(16)4/h5-8,11-13H,9-10H2,1-4H3,(H2,18,20,23)/t13-/m1/s1. The van der Waals surface area contributed by atoms with E-state index in [0.717, 1.165) is 11.1 Å². The number of aryl methyl sites for hydroxylation is 1. The molecule has 0 aliphatic carbocycles. The molecule has 2 rings (SSSR count). The maximum Gasteiger partial charge on any atom is 0.315 e. The van der Waals surface area contributed by atoms with Crippen LogP contribution in [-0.2, 0) is 24.9 Å². The van der Waals surface area contributed by atoms with Crippen LogP contribution in [0.5, 0.6) is 0 Å². The summed E-state index contributed by atoms with van der Waals surface area (Å²) in [5.74, 6) is 0.708. The van der Waals surface area contributed by atoms with Gasteiger partial charge in [-0.1, -0.05) is 24.3 Å². The molecule has 2 amide bonds. The number of nitrogens with one attached hydrogen (secondary N) is 2. The number of carbonyl (C=O) groups excluding carboxylic acids is 1. The topological polar surface area (TPSA) is 81.1 Å². The van der Waals surface area contributed by atoms with Gasteiger partial charge in [-0.25, -0.2) is 4.79 Å². The molecule has 0 aliphatic heterocycles. The highest BCUT2D eigenvalue weighted by molar-refractivity contribution is 5.74. The molecule has 0 spiro atoms. The van der Waals surface area contributed by atoms with Crippen LogP contribution in [0.2, 0.25) is 0 Å². The van der Waals surface area contributed by atoms with Crippen LogP contribution in [0.25, 0.3) is 0 Å². The quantitative estimate of drug-likeness (QED) is 0.816. The van der Waals surface area contributed by atoms with E-state index >= 15 is 0 Å². The van der Waals surface area contributed by atoms with Gasteiger partial charge in [0, 0.05) is 13.6 Å². The fraction of sp³-hybridized carbons (Fsp3) is 0.471. The zero-order chi connectivity index (χ0) is 17.5. The normalized spacial score (nSPS) is 12.2. The lowest BCUT2D eigenvalue weighted by Gasteiger charge is -2.14. The third-order valence-electron chi connectivity index (χ3n) is 3.54. The summed E-state index contributed by atoms with van der Waals surface area (Å²) in [6.07, 6.45) is 1.82. The Labute approximate surface area is 142 Å². The average molecular weight is 331 g/mol. The molecular weight excluding hydrogens is 306 g/mol. The third-order valence-corrected chi connectivity index (χ3v) is 3.54. The number of aromatic nitrogens is 3. The monoisotopic (exact) mass is 331 g/mol. The highest BCUT2D eigenvalue weighted by Gasteiger charge is 2.13. The molecule has 0 aliphatic rings. The van der Waals surface area contributed by atoms with E-state index in [4.69, 9.17) is 4.74 Å². The molecule has 0 unspecified atom stereocenters. The van der Waals surface area contributed by atoms with Gasteiger partial charge in [0.2, 0.25) is 0 Å². The zero-order valence-electron chi connectivity index (χ0n) is 14.6. The number of hydrogen-bond acceptors (Lipinski definition) is 4. The lowest BCUT2D eigenvalue weighted by molar-refractivity contribution is 0.0657. The fourth-order valence-corrected chi connectivity index (χ4v) is 2.19. The summed E-state index contributed by atoms with van der Waals surface area (Å²) < 4.78 is 7.34. The van der Waals surface area contributed by atoms with Gasteiger partial charge in [0.25, 0.3) is 0 Å². The van der Waals surface area contributed by atoms with E-state index in [2.05, 4.69) is 20.8 Å². The lowest BCUT2D eigenvalue weighted by atomic mass is 10.1. The van der Waals surface area contributed by atoms with E-state index in [0.29, 0.717) is 19.0 Å². The van der Waals surface area contributed by atoms with Crippen LogP contribution in [0, 0.1) is 0 Å². The Morgan fingerprint density at radius 2 is 1.88 bits per heavy atom. The smallest absolute Gasteiger partial charge is 0.315 e. The molecule has 1 heterocycles. The molecule has 130 valence electrons. The van der Waals surface area contributed by atoms with Crippen molar-refractivity contribution in [3.05, 3.63) is 47.5 Å². The molecule has 1 aromatic heterocycles. The number of nitrogens with zero attached hydrogens (tertiary/aromatic N) is 3. The Balaban J connectivity index is 1.78. The summed E-state index contributed by atoms with van der Waals surface area (Å²) >= 11 is 0. The van der Waals surface area contributed by atoms with Crippen molar-refractivity contribution in [3.8, 4) is 0 Å². The summed E-state index contributed by atoms with van der Waals surface area (Å²) in [5, 5.41) is 13.5. The van der Waals surface area contributed by atoms with Crippen molar-refractivity contribution in [2.24, 2.45) is 7.05 Å². The number of hydrogen-bond donors (Lipinski definition) is 2. The minimum Gasteiger partial charge on any atom is -0.374 e. The summed E-state index contributed by atoms with van der Waals surface area (Å²) in [6, 6.07) is 7.56. The zero-order valence-corrected chi connectivity index (χ0v) is 14.6. The van der Waals surface area contributed by atoms with E-state index in [1.807, 2.05) is 52.1 Å². The van der Waals surface area contributed by atoms with Gasteiger partial charge in [0.1, 0.15) is 6.33 Å². The Kier molecular flexibility index (Phi) is 6.31. The molecule has 0 radical (unpaired) electrons. The third kappa shape index (κ3) is 5.34. The molecule has 0 saturated heterocycles. The molecule has 1 atom stereocenters. The Bertz CT molecular complexity index is 651. The largest absolute Gasteiger partial charge is 0.374 e. The lowest BCUT2D eigenvalue weighted by Crippen LogP contribution is -2.37. The number of urea groups is 1. The van der Waals surface area contributed by atoms with Crippen LogP contribution < -0.4 is 10.6 Å². The van der Waals surface area contributed by atoms with Gasteiger partial charge in [0.15, 0.2) is 5.82 Å². The molecule has 2 aromatic rings. The van der Waals surface area contributed by atoms with E-state index < -0.39 is 0 Å². The summed E-state index contributed by atoms with van der Waals surface area (Å²) in [5.41, 5.74) is 2.15. The number of amides is 2. The molecule has 2 N–H and O–H groups in total. The first-order valence-electron chi connectivity index (χ1n) is 8.03. The van der Waals surface area contributed by atoms with Gasteiger partial charge >= 0.3 is 6.03 Å². The summed E-state index contributed by atoms with van der Waals surface area (Å²) in [4.78, 5) is 12.0. The van der Waals surface area contributed by atoms with Crippen LogP contribution in [0.1, 0.15) is 43.8 Å². The predicted molar refractivity (Wildman–Crippen MR) is 91.2 cm³/mol. The van der Waals surface area contributed by atoms with Crippen molar-refractivity contribution in [3.63, 3.8) is 0 Å². The SMILES string of the molecule is CC(C)OCc1ccc(CNC(=O)N[C@H](C)c2nncn2C)cc1. The summed E-state index contributed by atoms with van der Waals surface area (Å²) in [6.45, 7) is 6.95. The molecule has 0 bridgehead atoms. The second kappa shape index (κ2) is 8.44. The van der Waals surface area contributed by atoms with Crippen LogP contribution in [0.15, 0.2) is 30.6 Å². The number of benzene rings is 1. The van der Waals surface area contributed by atoms with Crippen molar-refractivity contribution >= 4 is 6.03 Å². The Morgan fingerprint density at radius 3 is 2.46 bits per heavy atom. The Hall–Kier alpha value is -2.41. The van der Waals surface area contributed by atoms with Crippen LogP contribution in [0.3, 0.4) is 0 Å². The van der Waals surface area contributed by atoms with Gasteiger partial charge < -0.3 is 19.9 Å². The van der Waals surface area contributed by atoms with E-state index in [1.165, 1.54) is 0 Å². The molecule has 7 nitrogen and oxygen atoms in total. The molecular formula is C17H25N5O2. The number of ether oxygens (including phenoxy) is 1. The molecule has 0 fully saturated rings. The average Bonchev–Trinajstić information content (AvgIpc) is 2.98. The molecule has 24 heavy (non-hydrogen) atoms. The van der Waals surface area contributed by atoms with Crippen molar-refractivity contribution in [2.45, 2.75) is 46.1 Å². The van der Waals surface area contributed by atoms with Crippen molar-refractivity contribution in [2.75, 3.05) is 0 Å². The van der Waals surface area contributed by atoms with E-state index in [-0.39, 0.29) is 18.2 Å². The minimum atomic E-state index is -0.238. The highest BCUT2D eigenvalue weighted by Crippen LogP contribution is 2.08. The first-order chi connectivity index (χ1) is 11.5. The van der Waals surface area contributed by atoms with Crippen molar-refractivity contribution in [1.82, 2.24) is 25.4 Å². The summed E-state index contributed by atoms with van der Waals surface area (Å²) in [7, 11) is 1.84. The number of carbonyl (C=O) groups is 1. The Morgan fingerprint density at radius 1 is 1.21 bits per heavy atom. The van der Waals surface area contributed by atoms with E-state index in [9.17, 15) is 4.79 Å². The number of rotatable bonds is 7. The van der Waals surface area contributed by atoms with Crippen LogP contribution in [-0.4, -0.2) is 26.9 Å². The van der Waals surface area contributed by atoms with Crippen molar-refractivity contribution < 1.29 is 9.53 Å². The highest BCUT2D eigenvalue weighted by atomic mass is 16.5. The van der Waals surface area contributed by atoms with Gasteiger partial charge in [-0.15, -0.1) is 10.2 Å². The maximum absolute atomic E-state index is 12.0. The second-order valence-electron chi connectivity index (χ2n) is 6.03. The van der Waals surface area contributed by atoms with Gasteiger partial charge in [-0.2, -0.15) is 0 Å². The fourth-order valence-electron chi connectivity index (χ4n) is 2.19. The predicted octanol–water partition coefficient (Wildman–Crippen LogP) is 2.30. The molecule has 0 saturated carbocycles. The first kappa shape index (κ1) is 17.9. The van der Waals surface area contributed by atoms with Gasteiger partial charge in [0.05, 0.1) is 18.8 Å². The molecule has 1 aromatic carbocycles. The van der Waals surface area contributed by atoms with Crippen LogP contribution in [0.4, 0.5) is 4.79 Å². The van der Waals surface area contributed by atoms with Crippen LogP contribution >= 0.6 is 0 Å². The van der Waals surface area contributed by atoms with Crippen molar-refractivity contribution in [1.29, 1.82) is 0 Å². The van der Waals surface area contributed by atoms with Gasteiger partial charge in [-0.05, 0) is 31.9 Å². The van der Waals surface area contributed by atoms with Gasteiger partial charge in [-0.3, -0.25) is 0 Å². The van der Waals surface area contributed by atoms with E-state index in [1.54, 1.807) is 10.9 Å². The first-order valence-corrected chi connectivity index (χ1v) is 8.03. The maximum atomic E-state index is 12.0. The second-order valence-corrected chi connectivity index (χ2v) is 6.03.